The third kappa shape index (κ3) is 4.17. The molecule has 0 aliphatic heterocycles. The molecule has 4 rings (SSSR count). The van der Waals surface area contributed by atoms with Crippen molar-refractivity contribution >= 4 is 17.1 Å². The van der Waals surface area contributed by atoms with Crippen LogP contribution in [0.5, 0.6) is 17.2 Å². The second-order valence-corrected chi connectivity index (χ2v) is 6.36. The SMILES string of the molecule is CCOC(=O)Oc1ccc2c(=O)c(Oc3ccc(-c4ccccc4)cc3)coc2c1. The first-order chi connectivity index (χ1) is 14.6. The third-order valence-corrected chi connectivity index (χ3v) is 4.37. The molecule has 0 N–H and O–H groups in total. The van der Waals surface area contributed by atoms with E-state index in [1.807, 2.05) is 42.5 Å². The molecule has 0 saturated heterocycles. The van der Waals surface area contributed by atoms with Crippen LogP contribution in [-0.4, -0.2) is 12.8 Å². The lowest BCUT2D eigenvalue weighted by Gasteiger charge is -2.08. The normalized spacial score (nSPS) is 10.6. The van der Waals surface area contributed by atoms with E-state index in [0.717, 1.165) is 11.1 Å². The molecule has 4 aromatic rings. The molecule has 0 unspecified atom stereocenters. The van der Waals surface area contributed by atoms with Crippen LogP contribution in [0.2, 0.25) is 0 Å². The highest BCUT2D eigenvalue weighted by Gasteiger charge is 2.12. The van der Waals surface area contributed by atoms with Crippen molar-refractivity contribution in [3.63, 3.8) is 0 Å². The van der Waals surface area contributed by atoms with Crippen molar-refractivity contribution in [2.75, 3.05) is 6.61 Å². The van der Waals surface area contributed by atoms with Gasteiger partial charge in [0.25, 0.3) is 0 Å². The summed E-state index contributed by atoms with van der Waals surface area (Å²) in [5, 5.41) is 0.310. The Kier molecular flexibility index (Phi) is 5.48. The average molecular weight is 402 g/mol. The number of hydrogen-bond donors (Lipinski definition) is 0. The molecule has 6 heteroatoms. The molecular formula is C24H18O6. The minimum absolute atomic E-state index is 0.0639. The van der Waals surface area contributed by atoms with Crippen LogP contribution in [0.4, 0.5) is 4.79 Å². The molecule has 1 heterocycles. The van der Waals surface area contributed by atoms with Gasteiger partial charge in [-0.2, -0.15) is 0 Å². The van der Waals surface area contributed by atoms with Crippen LogP contribution >= 0.6 is 0 Å². The first kappa shape index (κ1) is 19.3. The summed E-state index contributed by atoms with van der Waals surface area (Å²) < 4.78 is 21.0. The van der Waals surface area contributed by atoms with E-state index in [0.29, 0.717) is 11.1 Å². The molecular weight excluding hydrogens is 384 g/mol. The van der Waals surface area contributed by atoms with Gasteiger partial charge in [-0.25, -0.2) is 4.79 Å². The fourth-order valence-corrected chi connectivity index (χ4v) is 2.94. The second kappa shape index (κ2) is 8.53. The lowest BCUT2D eigenvalue weighted by molar-refractivity contribution is 0.104. The minimum Gasteiger partial charge on any atom is -0.460 e. The van der Waals surface area contributed by atoms with Gasteiger partial charge in [0.05, 0.1) is 12.0 Å². The van der Waals surface area contributed by atoms with Gasteiger partial charge in [0.1, 0.15) is 23.3 Å². The molecule has 0 saturated carbocycles. The molecule has 30 heavy (non-hydrogen) atoms. The zero-order valence-electron chi connectivity index (χ0n) is 16.2. The van der Waals surface area contributed by atoms with Gasteiger partial charge in [0, 0.05) is 6.07 Å². The summed E-state index contributed by atoms with van der Waals surface area (Å²) >= 11 is 0. The lowest BCUT2D eigenvalue weighted by atomic mass is 10.1. The zero-order valence-corrected chi connectivity index (χ0v) is 16.2. The van der Waals surface area contributed by atoms with Crippen molar-refractivity contribution in [3.05, 3.63) is 89.3 Å². The van der Waals surface area contributed by atoms with E-state index in [-0.39, 0.29) is 29.1 Å². The van der Waals surface area contributed by atoms with Crippen LogP contribution in [0.25, 0.3) is 22.1 Å². The molecule has 0 amide bonds. The summed E-state index contributed by atoms with van der Waals surface area (Å²) in [5.41, 5.74) is 2.08. The highest BCUT2D eigenvalue weighted by molar-refractivity contribution is 5.80. The number of benzene rings is 3. The van der Waals surface area contributed by atoms with Gasteiger partial charge < -0.3 is 18.6 Å². The maximum absolute atomic E-state index is 12.7. The van der Waals surface area contributed by atoms with Gasteiger partial charge in [-0.15, -0.1) is 0 Å². The van der Waals surface area contributed by atoms with Gasteiger partial charge in [-0.05, 0) is 42.3 Å². The van der Waals surface area contributed by atoms with Crippen LogP contribution in [0.15, 0.2) is 88.3 Å². The Morgan fingerprint density at radius 1 is 0.900 bits per heavy atom. The number of ether oxygens (including phenoxy) is 3. The van der Waals surface area contributed by atoms with Crippen molar-refractivity contribution in [2.45, 2.75) is 6.92 Å². The summed E-state index contributed by atoms with van der Waals surface area (Å²) in [5.74, 6) is 0.798. The fraction of sp³-hybridized carbons (Fsp3) is 0.0833. The number of carbonyl (C=O) groups is 1. The van der Waals surface area contributed by atoms with Crippen LogP contribution in [-0.2, 0) is 4.74 Å². The standard InChI is InChI=1S/C24H18O6/c1-2-27-24(26)30-19-12-13-20-21(14-19)28-15-22(23(20)25)29-18-10-8-17(9-11-18)16-6-4-3-5-7-16/h3-15H,2H2,1H3. The maximum atomic E-state index is 12.7. The monoisotopic (exact) mass is 402 g/mol. The van der Waals surface area contributed by atoms with Crippen molar-refractivity contribution in [3.8, 4) is 28.4 Å². The molecule has 0 aliphatic rings. The zero-order chi connectivity index (χ0) is 20.9. The molecule has 0 fully saturated rings. The summed E-state index contributed by atoms with van der Waals surface area (Å²) in [4.78, 5) is 24.2. The first-order valence-corrected chi connectivity index (χ1v) is 9.37. The number of hydrogen-bond acceptors (Lipinski definition) is 6. The highest BCUT2D eigenvalue weighted by atomic mass is 16.7. The Bertz CT molecular complexity index is 1230. The predicted molar refractivity (Wildman–Crippen MR) is 112 cm³/mol. The van der Waals surface area contributed by atoms with Crippen molar-refractivity contribution < 1.29 is 23.4 Å². The molecule has 0 spiro atoms. The van der Waals surface area contributed by atoms with Gasteiger partial charge in [0.2, 0.25) is 11.2 Å². The van der Waals surface area contributed by atoms with Gasteiger partial charge >= 0.3 is 6.16 Å². The van der Waals surface area contributed by atoms with E-state index in [1.165, 1.54) is 24.5 Å². The largest absolute Gasteiger partial charge is 0.513 e. The second-order valence-electron chi connectivity index (χ2n) is 6.36. The van der Waals surface area contributed by atoms with E-state index in [4.69, 9.17) is 18.6 Å². The molecule has 150 valence electrons. The van der Waals surface area contributed by atoms with Gasteiger partial charge in [-0.3, -0.25) is 4.79 Å². The van der Waals surface area contributed by atoms with Crippen LogP contribution in [0.3, 0.4) is 0 Å². The summed E-state index contributed by atoms with van der Waals surface area (Å²) in [6, 6.07) is 21.9. The first-order valence-electron chi connectivity index (χ1n) is 9.37. The Morgan fingerprint density at radius 3 is 2.33 bits per heavy atom. The van der Waals surface area contributed by atoms with Crippen LogP contribution in [0, 0.1) is 0 Å². The molecule has 0 bridgehead atoms. The van der Waals surface area contributed by atoms with Crippen LogP contribution < -0.4 is 14.9 Å². The van der Waals surface area contributed by atoms with Crippen molar-refractivity contribution in [1.29, 1.82) is 0 Å². The number of fused-ring (bicyclic) bond motifs is 1. The molecule has 0 atom stereocenters. The van der Waals surface area contributed by atoms with E-state index < -0.39 is 6.16 Å². The van der Waals surface area contributed by atoms with Crippen molar-refractivity contribution in [1.82, 2.24) is 0 Å². The number of carbonyl (C=O) groups excluding carboxylic acids is 1. The average Bonchev–Trinajstić information content (AvgIpc) is 2.77. The van der Waals surface area contributed by atoms with E-state index >= 15 is 0 Å². The minimum atomic E-state index is -0.821. The Balaban J connectivity index is 1.55. The van der Waals surface area contributed by atoms with Crippen molar-refractivity contribution in [2.24, 2.45) is 0 Å². The molecule has 1 aromatic heterocycles. The Hall–Kier alpha value is -4.06. The quantitative estimate of drug-likeness (QED) is 0.311. The molecule has 6 nitrogen and oxygen atoms in total. The number of rotatable bonds is 5. The summed E-state index contributed by atoms with van der Waals surface area (Å²) in [6.07, 6.45) is 0.419. The smallest absolute Gasteiger partial charge is 0.460 e. The Labute approximate surface area is 172 Å². The summed E-state index contributed by atoms with van der Waals surface area (Å²) in [6.45, 7) is 1.88. The fourth-order valence-electron chi connectivity index (χ4n) is 2.94. The van der Waals surface area contributed by atoms with Gasteiger partial charge in [0.15, 0.2) is 0 Å². The van der Waals surface area contributed by atoms with Crippen LogP contribution in [0.1, 0.15) is 6.92 Å². The van der Waals surface area contributed by atoms with E-state index in [1.54, 1.807) is 19.1 Å². The van der Waals surface area contributed by atoms with Gasteiger partial charge in [-0.1, -0.05) is 42.5 Å². The molecule has 0 aliphatic carbocycles. The highest BCUT2D eigenvalue weighted by Crippen LogP contribution is 2.26. The lowest BCUT2D eigenvalue weighted by Crippen LogP contribution is -2.10. The topological polar surface area (TPSA) is 75.0 Å². The third-order valence-electron chi connectivity index (χ3n) is 4.37. The Morgan fingerprint density at radius 2 is 1.60 bits per heavy atom. The van der Waals surface area contributed by atoms with E-state index in [2.05, 4.69) is 0 Å². The molecule has 0 radical (unpaired) electrons. The van der Waals surface area contributed by atoms with E-state index in [9.17, 15) is 9.59 Å². The predicted octanol–water partition coefficient (Wildman–Crippen LogP) is 5.79. The summed E-state index contributed by atoms with van der Waals surface area (Å²) in [7, 11) is 0. The maximum Gasteiger partial charge on any atom is 0.513 e. The molecule has 3 aromatic carbocycles.